The fourth-order valence-electron chi connectivity index (χ4n) is 1.59. The van der Waals surface area contributed by atoms with Crippen molar-refractivity contribution in [3.05, 3.63) is 22.9 Å². The molecule has 4 heteroatoms. The van der Waals surface area contributed by atoms with Gasteiger partial charge in [0.2, 0.25) is 0 Å². The van der Waals surface area contributed by atoms with E-state index < -0.39 is 0 Å². The van der Waals surface area contributed by atoms with Crippen molar-refractivity contribution in [1.29, 1.82) is 0 Å². The van der Waals surface area contributed by atoms with Crippen LogP contribution in [0.15, 0.2) is 17.2 Å². The van der Waals surface area contributed by atoms with Crippen LogP contribution in [0.25, 0.3) is 0 Å². The summed E-state index contributed by atoms with van der Waals surface area (Å²) in [7, 11) is 0. The zero-order chi connectivity index (χ0) is 11.3. The SMILES string of the molecule is CCC(N)CCCn1ccn(CC)c1=O. The van der Waals surface area contributed by atoms with Gasteiger partial charge in [0.25, 0.3) is 0 Å². The molecule has 1 atom stereocenters. The Morgan fingerprint density at radius 2 is 2.00 bits per heavy atom. The minimum atomic E-state index is 0.0857. The van der Waals surface area contributed by atoms with Crippen molar-refractivity contribution >= 4 is 0 Å². The van der Waals surface area contributed by atoms with Crippen LogP contribution in [0.3, 0.4) is 0 Å². The fraction of sp³-hybridized carbons (Fsp3) is 0.727. The topological polar surface area (TPSA) is 52.9 Å². The highest BCUT2D eigenvalue weighted by Crippen LogP contribution is 2.00. The quantitative estimate of drug-likeness (QED) is 0.768. The summed E-state index contributed by atoms with van der Waals surface area (Å²) in [4.78, 5) is 11.6. The molecule has 0 amide bonds. The number of rotatable bonds is 6. The van der Waals surface area contributed by atoms with Crippen LogP contribution in [-0.2, 0) is 13.1 Å². The molecular formula is C11H21N3O. The van der Waals surface area contributed by atoms with Gasteiger partial charge in [-0.2, -0.15) is 0 Å². The van der Waals surface area contributed by atoms with E-state index in [1.54, 1.807) is 9.13 Å². The average molecular weight is 211 g/mol. The highest BCUT2D eigenvalue weighted by atomic mass is 16.1. The van der Waals surface area contributed by atoms with Gasteiger partial charge in [-0.05, 0) is 26.2 Å². The van der Waals surface area contributed by atoms with Gasteiger partial charge in [-0.3, -0.25) is 9.13 Å². The van der Waals surface area contributed by atoms with Gasteiger partial charge in [0.1, 0.15) is 0 Å². The van der Waals surface area contributed by atoms with E-state index >= 15 is 0 Å². The van der Waals surface area contributed by atoms with Crippen LogP contribution >= 0.6 is 0 Å². The first kappa shape index (κ1) is 12.0. The minimum absolute atomic E-state index is 0.0857. The smallest absolute Gasteiger partial charge is 0.328 e. The summed E-state index contributed by atoms with van der Waals surface area (Å²) in [5.74, 6) is 0. The molecule has 4 nitrogen and oxygen atoms in total. The van der Waals surface area contributed by atoms with Gasteiger partial charge in [-0.25, -0.2) is 4.79 Å². The lowest BCUT2D eigenvalue weighted by Gasteiger charge is -2.07. The van der Waals surface area contributed by atoms with Crippen molar-refractivity contribution in [2.75, 3.05) is 0 Å². The molecule has 1 aromatic heterocycles. The minimum Gasteiger partial charge on any atom is -0.328 e. The third-order valence-corrected chi connectivity index (χ3v) is 2.76. The highest BCUT2D eigenvalue weighted by Gasteiger charge is 2.02. The zero-order valence-corrected chi connectivity index (χ0v) is 9.65. The summed E-state index contributed by atoms with van der Waals surface area (Å²) >= 11 is 0. The summed E-state index contributed by atoms with van der Waals surface area (Å²) in [6.07, 6.45) is 6.65. The lowest BCUT2D eigenvalue weighted by Crippen LogP contribution is -2.25. The van der Waals surface area contributed by atoms with Crippen molar-refractivity contribution in [3.8, 4) is 0 Å². The summed E-state index contributed by atoms with van der Waals surface area (Å²) < 4.78 is 3.46. The zero-order valence-electron chi connectivity index (χ0n) is 9.65. The van der Waals surface area contributed by atoms with Crippen LogP contribution < -0.4 is 11.4 Å². The number of imidazole rings is 1. The average Bonchev–Trinajstić information content (AvgIpc) is 2.60. The van der Waals surface area contributed by atoms with Gasteiger partial charge >= 0.3 is 5.69 Å². The summed E-state index contributed by atoms with van der Waals surface area (Å²) in [5, 5.41) is 0. The van der Waals surface area contributed by atoms with Gasteiger partial charge in [0.05, 0.1) is 0 Å². The van der Waals surface area contributed by atoms with Gasteiger partial charge in [0.15, 0.2) is 0 Å². The normalized spacial score (nSPS) is 13.0. The molecule has 0 aromatic carbocycles. The molecule has 1 aromatic rings. The Balaban J connectivity index is 2.44. The van der Waals surface area contributed by atoms with Crippen LogP contribution in [0, 0.1) is 0 Å². The third kappa shape index (κ3) is 3.23. The number of nitrogens with zero attached hydrogens (tertiary/aromatic N) is 2. The van der Waals surface area contributed by atoms with Gasteiger partial charge in [0, 0.05) is 31.5 Å². The van der Waals surface area contributed by atoms with Crippen molar-refractivity contribution < 1.29 is 0 Å². The Bertz CT molecular complexity index is 340. The Morgan fingerprint density at radius 3 is 2.53 bits per heavy atom. The lowest BCUT2D eigenvalue weighted by atomic mass is 10.1. The second-order valence-corrected chi connectivity index (χ2v) is 3.87. The first-order valence-electron chi connectivity index (χ1n) is 5.70. The fourth-order valence-corrected chi connectivity index (χ4v) is 1.59. The molecule has 0 aliphatic carbocycles. The molecule has 0 aliphatic heterocycles. The molecule has 0 fully saturated rings. The molecule has 1 unspecified atom stereocenters. The molecule has 0 radical (unpaired) electrons. The molecule has 0 spiro atoms. The van der Waals surface area contributed by atoms with Crippen LogP contribution in [0.4, 0.5) is 0 Å². The summed E-state index contributed by atoms with van der Waals surface area (Å²) in [6.45, 7) is 5.57. The van der Waals surface area contributed by atoms with E-state index in [4.69, 9.17) is 5.73 Å². The summed E-state index contributed by atoms with van der Waals surface area (Å²) in [5.41, 5.74) is 5.90. The highest BCUT2D eigenvalue weighted by molar-refractivity contribution is 4.81. The van der Waals surface area contributed by atoms with E-state index in [1.165, 1.54) is 0 Å². The molecule has 86 valence electrons. The van der Waals surface area contributed by atoms with Crippen molar-refractivity contribution in [3.63, 3.8) is 0 Å². The Morgan fingerprint density at radius 1 is 1.33 bits per heavy atom. The Labute approximate surface area is 90.7 Å². The van der Waals surface area contributed by atoms with E-state index in [9.17, 15) is 4.79 Å². The van der Waals surface area contributed by atoms with Crippen molar-refractivity contribution in [2.45, 2.75) is 52.2 Å². The van der Waals surface area contributed by atoms with Gasteiger partial charge in [-0.1, -0.05) is 6.92 Å². The molecule has 0 saturated heterocycles. The summed E-state index contributed by atoms with van der Waals surface area (Å²) in [6, 6.07) is 0.272. The van der Waals surface area contributed by atoms with Crippen LogP contribution in [0.2, 0.25) is 0 Å². The molecule has 1 heterocycles. The van der Waals surface area contributed by atoms with Gasteiger partial charge in [-0.15, -0.1) is 0 Å². The van der Waals surface area contributed by atoms with Crippen LogP contribution in [0.1, 0.15) is 33.1 Å². The predicted octanol–water partition coefficient (Wildman–Crippen LogP) is 1.19. The first-order chi connectivity index (χ1) is 7.19. The maximum Gasteiger partial charge on any atom is 0.328 e. The van der Waals surface area contributed by atoms with Crippen molar-refractivity contribution in [2.24, 2.45) is 5.73 Å². The molecule has 0 aliphatic rings. The lowest BCUT2D eigenvalue weighted by molar-refractivity contribution is 0.513. The maximum atomic E-state index is 11.6. The molecule has 2 N–H and O–H groups in total. The number of hydrogen-bond acceptors (Lipinski definition) is 2. The van der Waals surface area contributed by atoms with E-state index in [0.29, 0.717) is 0 Å². The second-order valence-electron chi connectivity index (χ2n) is 3.87. The number of aromatic nitrogens is 2. The van der Waals surface area contributed by atoms with E-state index in [0.717, 1.165) is 32.4 Å². The molecule has 15 heavy (non-hydrogen) atoms. The molecular weight excluding hydrogens is 190 g/mol. The second kappa shape index (κ2) is 5.75. The maximum absolute atomic E-state index is 11.6. The number of nitrogens with two attached hydrogens (primary N) is 1. The number of aryl methyl sites for hydroxylation is 2. The number of hydrogen-bond donors (Lipinski definition) is 1. The molecule has 0 bridgehead atoms. The van der Waals surface area contributed by atoms with Gasteiger partial charge < -0.3 is 5.73 Å². The predicted molar refractivity (Wildman–Crippen MR) is 61.9 cm³/mol. The molecule has 1 rings (SSSR count). The first-order valence-corrected chi connectivity index (χ1v) is 5.70. The molecule has 0 saturated carbocycles. The van der Waals surface area contributed by atoms with Crippen molar-refractivity contribution in [1.82, 2.24) is 9.13 Å². The monoisotopic (exact) mass is 211 g/mol. The van der Waals surface area contributed by atoms with E-state index in [-0.39, 0.29) is 11.7 Å². The van der Waals surface area contributed by atoms with Crippen LogP contribution in [0.5, 0.6) is 0 Å². The largest absolute Gasteiger partial charge is 0.328 e. The third-order valence-electron chi connectivity index (χ3n) is 2.76. The Hall–Kier alpha value is -1.03. The van der Waals surface area contributed by atoms with E-state index in [2.05, 4.69) is 6.92 Å². The van der Waals surface area contributed by atoms with E-state index in [1.807, 2.05) is 19.3 Å². The van der Waals surface area contributed by atoms with Crippen LogP contribution in [-0.4, -0.2) is 15.2 Å². The Kier molecular flexibility index (Phi) is 4.62. The standard InChI is InChI=1S/C11H21N3O/c1-3-10(12)6-5-7-14-9-8-13(4-2)11(14)15/h8-10H,3-7,12H2,1-2H3.